The molecule has 1 atom stereocenters. The Bertz CT molecular complexity index is 475. The van der Waals surface area contributed by atoms with Gasteiger partial charge in [0.2, 0.25) is 11.8 Å². The number of pyridine rings is 1. The summed E-state index contributed by atoms with van der Waals surface area (Å²) in [5.41, 5.74) is 6.17. The summed E-state index contributed by atoms with van der Waals surface area (Å²) < 4.78 is 10.3. The standard InChI is InChI=1S/C13H20N4O3/c1-9(13(18)17-5-7-20-8-6-17)15-11-4-3-10(14)12(16-11)19-2/h3-4,9H,5-8,14H2,1-2H3,(H,15,16). The predicted molar refractivity (Wildman–Crippen MR) is 75.7 cm³/mol. The second kappa shape index (κ2) is 6.42. The predicted octanol–water partition coefficient (Wildman–Crippen LogP) is 0.332. The summed E-state index contributed by atoms with van der Waals surface area (Å²) in [6, 6.07) is 3.05. The molecule has 2 rings (SSSR count). The van der Waals surface area contributed by atoms with Crippen LogP contribution in [0.4, 0.5) is 11.5 Å². The van der Waals surface area contributed by atoms with Crippen molar-refractivity contribution in [3.63, 3.8) is 0 Å². The topological polar surface area (TPSA) is 89.7 Å². The highest BCUT2D eigenvalue weighted by molar-refractivity contribution is 5.84. The van der Waals surface area contributed by atoms with Crippen molar-refractivity contribution in [1.82, 2.24) is 9.88 Å². The Morgan fingerprint density at radius 3 is 2.85 bits per heavy atom. The van der Waals surface area contributed by atoms with Gasteiger partial charge in [0.25, 0.3) is 0 Å². The quantitative estimate of drug-likeness (QED) is 0.826. The van der Waals surface area contributed by atoms with Gasteiger partial charge in [0, 0.05) is 13.1 Å². The van der Waals surface area contributed by atoms with Crippen LogP contribution in [-0.4, -0.2) is 55.2 Å². The van der Waals surface area contributed by atoms with Crippen molar-refractivity contribution < 1.29 is 14.3 Å². The summed E-state index contributed by atoms with van der Waals surface area (Å²) >= 11 is 0. The first kappa shape index (κ1) is 14.4. The third-order valence-electron chi connectivity index (χ3n) is 3.14. The van der Waals surface area contributed by atoms with E-state index in [1.54, 1.807) is 17.0 Å². The van der Waals surface area contributed by atoms with Gasteiger partial charge in [-0.1, -0.05) is 0 Å². The minimum Gasteiger partial charge on any atom is -0.479 e. The number of aromatic nitrogens is 1. The molecular weight excluding hydrogens is 260 g/mol. The lowest BCUT2D eigenvalue weighted by Crippen LogP contribution is -2.47. The maximum absolute atomic E-state index is 12.2. The molecule has 7 heteroatoms. The largest absolute Gasteiger partial charge is 0.479 e. The normalized spacial score (nSPS) is 16.6. The van der Waals surface area contributed by atoms with E-state index in [9.17, 15) is 4.79 Å². The average Bonchev–Trinajstić information content (AvgIpc) is 2.49. The molecule has 1 saturated heterocycles. The van der Waals surface area contributed by atoms with Crippen LogP contribution >= 0.6 is 0 Å². The highest BCUT2D eigenvalue weighted by Crippen LogP contribution is 2.20. The SMILES string of the molecule is COc1nc(NC(C)C(=O)N2CCOCC2)ccc1N. The third kappa shape index (κ3) is 3.30. The number of nitrogens with one attached hydrogen (secondary N) is 1. The van der Waals surface area contributed by atoms with E-state index < -0.39 is 0 Å². The molecule has 1 aromatic rings. The van der Waals surface area contributed by atoms with Crippen LogP contribution in [-0.2, 0) is 9.53 Å². The third-order valence-corrected chi connectivity index (χ3v) is 3.14. The molecule has 0 radical (unpaired) electrons. The van der Waals surface area contributed by atoms with Crippen LogP contribution in [0.2, 0.25) is 0 Å². The Morgan fingerprint density at radius 1 is 1.50 bits per heavy atom. The van der Waals surface area contributed by atoms with Crippen LogP contribution in [0.25, 0.3) is 0 Å². The summed E-state index contributed by atoms with van der Waals surface area (Å²) in [7, 11) is 1.50. The molecule has 1 fully saturated rings. The van der Waals surface area contributed by atoms with Crippen molar-refractivity contribution in [2.45, 2.75) is 13.0 Å². The van der Waals surface area contributed by atoms with Gasteiger partial charge in [-0.2, -0.15) is 4.98 Å². The summed E-state index contributed by atoms with van der Waals surface area (Å²) in [6.45, 7) is 4.24. The van der Waals surface area contributed by atoms with Crippen LogP contribution < -0.4 is 15.8 Å². The fourth-order valence-corrected chi connectivity index (χ4v) is 2.04. The van der Waals surface area contributed by atoms with Gasteiger partial charge in [0.15, 0.2) is 0 Å². The van der Waals surface area contributed by atoms with Gasteiger partial charge in [-0.15, -0.1) is 0 Å². The lowest BCUT2D eigenvalue weighted by molar-refractivity contribution is -0.135. The fourth-order valence-electron chi connectivity index (χ4n) is 2.04. The first-order valence-corrected chi connectivity index (χ1v) is 6.55. The van der Waals surface area contributed by atoms with Gasteiger partial charge in [-0.05, 0) is 19.1 Å². The Hall–Kier alpha value is -2.02. The molecule has 0 aliphatic carbocycles. The Labute approximate surface area is 118 Å². The Morgan fingerprint density at radius 2 is 2.20 bits per heavy atom. The van der Waals surface area contributed by atoms with Gasteiger partial charge in [0.05, 0.1) is 26.0 Å². The van der Waals surface area contributed by atoms with Gasteiger partial charge >= 0.3 is 0 Å². The van der Waals surface area contributed by atoms with E-state index in [0.29, 0.717) is 43.7 Å². The highest BCUT2D eigenvalue weighted by atomic mass is 16.5. The smallest absolute Gasteiger partial charge is 0.244 e. The molecule has 2 heterocycles. The van der Waals surface area contributed by atoms with Crippen molar-refractivity contribution in [2.24, 2.45) is 0 Å². The first-order valence-electron chi connectivity index (χ1n) is 6.55. The van der Waals surface area contributed by atoms with Crippen molar-refractivity contribution in [1.29, 1.82) is 0 Å². The maximum atomic E-state index is 12.2. The summed E-state index contributed by atoms with van der Waals surface area (Å²) in [5, 5.41) is 3.06. The molecule has 1 amide bonds. The monoisotopic (exact) mass is 280 g/mol. The van der Waals surface area contributed by atoms with E-state index in [1.807, 2.05) is 6.92 Å². The molecule has 0 bridgehead atoms. The van der Waals surface area contributed by atoms with Gasteiger partial charge in [-0.3, -0.25) is 4.79 Å². The van der Waals surface area contributed by atoms with Crippen LogP contribution in [0.1, 0.15) is 6.92 Å². The molecule has 110 valence electrons. The van der Waals surface area contributed by atoms with E-state index in [1.165, 1.54) is 7.11 Å². The lowest BCUT2D eigenvalue weighted by Gasteiger charge is -2.29. The molecule has 0 spiro atoms. The number of hydrogen-bond donors (Lipinski definition) is 2. The second-order valence-corrected chi connectivity index (χ2v) is 4.60. The first-order chi connectivity index (χ1) is 9.61. The zero-order valence-electron chi connectivity index (χ0n) is 11.8. The number of carbonyl (C=O) groups excluding carboxylic acids is 1. The van der Waals surface area contributed by atoms with E-state index in [4.69, 9.17) is 15.2 Å². The molecule has 3 N–H and O–H groups in total. The molecule has 20 heavy (non-hydrogen) atoms. The number of methoxy groups -OCH3 is 1. The molecule has 1 unspecified atom stereocenters. The van der Waals surface area contributed by atoms with E-state index in [2.05, 4.69) is 10.3 Å². The highest BCUT2D eigenvalue weighted by Gasteiger charge is 2.22. The molecule has 0 aromatic carbocycles. The molecule has 1 aliphatic rings. The number of morpholine rings is 1. The van der Waals surface area contributed by atoms with Crippen LogP contribution in [0.5, 0.6) is 5.88 Å². The molecule has 7 nitrogen and oxygen atoms in total. The summed E-state index contributed by atoms with van der Waals surface area (Å²) in [6.07, 6.45) is 0. The number of anilines is 2. The number of nitrogens with zero attached hydrogens (tertiary/aromatic N) is 2. The van der Waals surface area contributed by atoms with Crippen molar-refractivity contribution in [3.05, 3.63) is 12.1 Å². The molecule has 1 aliphatic heterocycles. The Kier molecular flexibility index (Phi) is 4.62. The van der Waals surface area contributed by atoms with Crippen molar-refractivity contribution >= 4 is 17.4 Å². The second-order valence-electron chi connectivity index (χ2n) is 4.60. The number of carbonyl (C=O) groups is 1. The molecule has 0 saturated carbocycles. The van der Waals surface area contributed by atoms with Crippen molar-refractivity contribution in [2.75, 3.05) is 44.5 Å². The number of ether oxygens (including phenoxy) is 2. The van der Waals surface area contributed by atoms with Crippen LogP contribution in [0.3, 0.4) is 0 Å². The molecule has 1 aromatic heterocycles. The number of nitrogens with two attached hydrogens (primary N) is 1. The van der Waals surface area contributed by atoms with Crippen LogP contribution in [0, 0.1) is 0 Å². The van der Waals surface area contributed by atoms with Gasteiger partial charge in [0.1, 0.15) is 11.9 Å². The van der Waals surface area contributed by atoms with E-state index in [0.717, 1.165) is 0 Å². The summed E-state index contributed by atoms with van der Waals surface area (Å²) in [4.78, 5) is 18.2. The zero-order valence-corrected chi connectivity index (χ0v) is 11.8. The number of hydrogen-bond acceptors (Lipinski definition) is 6. The minimum atomic E-state index is -0.367. The zero-order chi connectivity index (χ0) is 14.5. The number of rotatable bonds is 4. The maximum Gasteiger partial charge on any atom is 0.244 e. The van der Waals surface area contributed by atoms with E-state index >= 15 is 0 Å². The van der Waals surface area contributed by atoms with Crippen molar-refractivity contribution in [3.8, 4) is 5.88 Å². The summed E-state index contributed by atoms with van der Waals surface area (Å²) in [5.74, 6) is 0.942. The Balaban J connectivity index is 1.99. The number of nitrogen functional groups attached to an aromatic ring is 1. The minimum absolute atomic E-state index is 0.0332. The molecular formula is C13H20N4O3. The lowest BCUT2D eigenvalue weighted by atomic mass is 10.2. The van der Waals surface area contributed by atoms with Crippen LogP contribution in [0.15, 0.2) is 12.1 Å². The van der Waals surface area contributed by atoms with Gasteiger partial charge in [-0.25, -0.2) is 0 Å². The van der Waals surface area contributed by atoms with E-state index in [-0.39, 0.29) is 11.9 Å². The average molecular weight is 280 g/mol. The fraction of sp³-hybridized carbons (Fsp3) is 0.538. The number of amides is 1. The van der Waals surface area contributed by atoms with Gasteiger partial charge < -0.3 is 25.4 Å².